The Labute approximate surface area is 103 Å². The van der Waals surface area contributed by atoms with Gasteiger partial charge in [0, 0.05) is 13.1 Å². The fraction of sp³-hybridized carbons (Fsp3) is 0.385. The van der Waals surface area contributed by atoms with Crippen LogP contribution in [0.5, 0.6) is 0 Å². The van der Waals surface area contributed by atoms with E-state index < -0.39 is 10.0 Å². The molecule has 0 fully saturated rings. The van der Waals surface area contributed by atoms with Crippen molar-refractivity contribution in [1.29, 1.82) is 0 Å². The number of hydrogen-bond donors (Lipinski definition) is 0. The van der Waals surface area contributed by atoms with E-state index in [1.54, 1.807) is 12.1 Å². The van der Waals surface area contributed by atoms with E-state index in [-0.39, 0.29) is 5.92 Å². The van der Waals surface area contributed by atoms with E-state index in [9.17, 15) is 8.42 Å². The van der Waals surface area contributed by atoms with Crippen LogP contribution in [0.15, 0.2) is 41.3 Å². The minimum Gasteiger partial charge on any atom is -0.207 e. The van der Waals surface area contributed by atoms with E-state index >= 15 is 0 Å². The Morgan fingerprint density at radius 1 is 1.24 bits per heavy atom. The Balaban J connectivity index is 2.30. The van der Waals surface area contributed by atoms with Gasteiger partial charge in [-0.3, -0.25) is 0 Å². The third kappa shape index (κ3) is 2.58. The first-order valence-corrected chi connectivity index (χ1v) is 7.17. The molecular weight excluding hydrogens is 234 g/mol. The van der Waals surface area contributed by atoms with Crippen LogP contribution >= 0.6 is 0 Å². The normalized spacial score (nSPS) is 21.6. The lowest BCUT2D eigenvalue weighted by Gasteiger charge is -2.26. The highest BCUT2D eigenvalue weighted by Gasteiger charge is 2.26. The average molecular weight is 251 g/mol. The number of benzene rings is 1. The third-order valence-corrected chi connectivity index (χ3v) is 4.77. The maximum absolute atomic E-state index is 12.3. The van der Waals surface area contributed by atoms with Crippen LogP contribution in [0.1, 0.15) is 12.5 Å². The molecule has 1 heterocycles. The van der Waals surface area contributed by atoms with Gasteiger partial charge in [0.15, 0.2) is 0 Å². The molecule has 1 atom stereocenters. The minimum absolute atomic E-state index is 0.281. The predicted molar refractivity (Wildman–Crippen MR) is 68.2 cm³/mol. The number of aryl methyl sites for hydroxylation is 1. The lowest BCUT2D eigenvalue weighted by atomic mass is 10.1. The molecule has 0 saturated heterocycles. The van der Waals surface area contributed by atoms with Gasteiger partial charge in [0.1, 0.15) is 0 Å². The smallest absolute Gasteiger partial charge is 0.207 e. The highest BCUT2D eigenvalue weighted by molar-refractivity contribution is 7.89. The summed E-state index contributed by atoms with van der Waals surface area (Å²) in [7, 11) is -3.33. The summed E-state index contributed by atoms with van der Waals surface area (Å²) in [5, 5.41) is 0. The van der Waals surface area contributed by atoms with E-state index in [2.05, 4.69) is 6.08 Å². The molecule has 0 aromatic heterocycles. The molecule has 1 aliphatic heterocycles. The van der Waals surface area contributed by atoms with Crippen LogP contribution in [0.2, 0.25) is 0 Å². The van der Waals surface area contributed by atoms with Crippen LogP contribution < -0.4 is 0 Å². The summed E-state index contributed by atoms with van der Waals surface area (Å²) in [6.45, 7) is 5.00. The van der Waals surface area contributed by atoms with Gasteiger partial charge in [-0.1, -0.05) is 36.8 Å². The van der Waals surface area contributed by atoms with Crippen molar-refractivity contribution in [2.45, 2.75) is 18.7 Å². The number of rotatable bonds is 2. The van der Waals surface area contributed by atoms with E-state index in [0.29, 0.717) is 18.0 Å². The number of nitrogens with zero attached hydrogens (tertiary/aromatic N) is 1. The number of hydrogen-bond acceptors (Lipinski definition) is 2. The fourth-order valence-electron chi connectivity index (χ4n) is 1.92. The zero-order valence-corrected chi connectivity index (χ0v) is 10.9. The van der Waals surface area contributed by atoms with E-state index in [0.717, 1.165) is 5.56 Å². The van der Waals surface area contributed by atoms with Crippen molar-refractivity contribution >= 4 is 10.0 Å². The first kappa shape index (κ1) is 12.3. The Morgan fingerprint density at radius 3 is 2.47 bits per heavy atom. The summed E-state index contributed by atoms with van der Waals surface area (Å²) >= 11 is 0. The van der Waals surface area contributed by atoms with Crippen molar-refractivity contribution in [2.24, 2.45) is 5.92 Å². The summed E-state index contributed by atoms with van der Waals surface area (Å²) in [5.74, 6) is 0.281. The molecule has 1 aliphatic rings. The van der Waals surface area contributed by atoms with Crippen LogP contribution in [0.25, 0.3) is 0 Å². The van der Waals surface area contributed by atoms with Gasteiger partial charge in [-0.2, -0.15) is 4.31 Å². The summed E-state index contributed by atoms with van der Waals surface area (Å²) in [6.07, 6.45) is 3.97. The Kier molecular flexibility index (Phi) is 3.35. The van der Waals surface area contributed by atoms with Crippen molar-refractivity contribution in [3.63, 3.8) is 0 Å². The van der Waals surface area contributed by atoms with Crippen LogP contribution in [0.4, 0.5) is 0 Å². The predicted octanol–water partition coefficient (Wildman–Crippen LogP) is 2.19. The standard InChI is InChI=1S/C13H17NO2S/c1-11-5-7-13(8-6-11)17(15,16)14-9-3-4-12(2)10-14/h3-8,12H,9-10H2,1-2H3/t12-/m0/s1. The summed E-state index contributed by atoms with van der Waals surface area (Å²) < 4.78 is 26.2. The Morgan fingerprint density at radius 2 is 1.88 bits per heavy atom. The molecule has 0 spiro atoms. The summed E-state index contributed by atoms with van der Waals surface area (Å²) in [4.78, 5) is 0.380. The maximum Gasteiger partial charge on any atom is 0.243 e. The lowest BCUT2D eigenvalue weighted by molar-refractivity contribution is 0.394. The second-order valence-electron chi connectivity index (χ2n) is 4.54. The van der Waals surface area contributed by atoms with E-state index in [4.69, 9.17) is 0 Å². The highest BCUT2D eigenvalue weighted by atomic mass is 32.2. The fourth-order valence-corrected chi connectivity index (χ4v) is 3.41. The van der Waals surface area contributed by atoms with E-state index in [1.165, 1.54) is 4.31 Å². The highest BCUT2D eigenvalue weighted by Crippen LogP contribution is 2.20. The van der Waals surface area contributed by atoms with Gasteiger partial charge in [-0.25, -0.2) is 8.42 Å². The quantitative estimate of drug-likeness (QED) is 0.756. The molecule has 0 radical (unpaired) electrons. The van der Waals surface area contributed by atoms with Gasteiger partial charge in [-0.05, 0) is 25.0 Å². The first-order chi connectivity index (χ1) is 8.00. The second-order valence-corrected chi connectivity index (χ2v) is 6.48. The van der Waals surface area contributed by atoms with Crippen molar-refractivity contribution < 1.29 is 8.42 Å². The molecule has 0 N–H and O–H groups in total. The van der Waals surface area contributed by atoms with Gasteiger partial charge in [0.2, 0.25) is 10.0 Å². The zero-order valence-electron chi connectivity index (χ0n) is 10.1. The first-order valence-electron chi connectivity index (χ1n) is 5.73. The van der Waals surface area contributed by atoms with Crippen molar-refractivity contribution in [3.05, 3.63) is 42.0 Å². The molecule has 1 aromatic carbocycles. The largest absolute Gasteiger partial charge is 0.243 e. The third-order valence-electron chi connectivity index (χ3n) is 2.92. The Hall–Kier alpha value is -1.13. The number of sulfonamides is 1. The van der Waals surface area contributed by atoms with Crippen LogP contribution in [-0.2, 0) is 10.0 Å². The molecule has 0 saturated carbocycles. The van der Waals surface area contributed by atoms with Crippen molar-refractivity contribution in [1.82, 2.24) is 4.31 Å². The zero-order chi connectivity index (χ0) is 12.5. The van der Waals surface area contributed by atoms with Crippen molar-refractivity contribution in [2.75, 3.05) is 13.1 Å². The molecule has 3 nitrogen and oxygen atoms in total. The van der Waals surface area contributed by atoms with E-state index in [1.807, 2.05) is 32.1 Å². The summed E-state index contributed by atoms with van der Waals surface area (Å²) in [5.41, 5.74) is 1.07. The molecule has 0 aliphatic carbocycles. The summed E-state index contributed by atoms with van der Waals surface area (Å²) in [6, 6.07) is 7.01. The molecule has 2 rings (SSSR count). The van der Waals surface area contributed by atoms with Crippen LogP contribution in [0, 0.1) is 12.8 Å². The second kappa shape index (κ2) is 4.63. The van der Waals surface area contributed by atoms with Crippen LogP contribution in [-0.4, -0.2) is 25.8 Å². The molecule has 0 bridgehead atoms. The van der Waals surface area contributed by atoms with Gasteiger partial charge < -0.3 is 0 Å². The van der Waals surface area contributed by atoms with Gasteiger partial charge in [0.25, 0.3) is 0 Å². The van der Waals surface area contributed by atoms with Gasteiger partial charge in [0.05, 0.1) is 4.90 Å². The SMILES string of the molecule is Cc1ccc(S(=O)(=O)N2CC=C[C@H](C)C2)cc1. The van der Waals surface area contributed by atoms with Crippen LogP contribution in [0.3, 0.4) is 0 Å². The minimum atomic E-state index is -3.33. The van der Waals surface area contributed by atoms with Crippen molar-refractivity contribution in [3.8, 4) is 0 Å². The molecule has 0 unspecified atom stereocenters. The lowest BCUT2D eigenvalue weighted by Crippen LogP contribution is -2.36. The molecule has 17 heavy (non-hydrogen) atoms. The molecular formula is C13H17NO2S. The van der Waals surface area contributed by atoms with Gasteiger partial charge in [-0.15, -0.1) is 0 Å². The molecule has 4 heteroatoms. The average Bonchev–Trinajstić information content (AvgIpc) is 2.29. The molecule has 0 amide bonds. The maximum atomic E-state index is 12.3. The monoisotopic (exact) mass is 251 g/mol. The topological polar surface area (TPSA) is 37.4 Å². The Bertz CT molecular complexity index is 517. The molecule has 92 valence electrons. The molecule has 1 aromatic rings. The van der Waals surface area contributed by atoms with Gasteiger partial charge >= 0.3 is 0 Å².